The van der Waals surface area contributed by atoms with E-state index in [-0.39, 0.29) is 11.9 Å². The summed E-state index contributed by atoms with van der Waals surface area (Å²) in [5.74, 6) is 1.77. The van der Waals surface area contributed by atoms with Crippen LogP contribution in [-0.2, 0) is 9.53 Å². The van der Waals surface area contributed by atoms with Crippen molar-refractivity contribution in [1.29, 1.82) is 0 Å². The number of hydrogen-bond acceptors (Lipinski definition) is 6. The Hall–Kier alpha value is -1.89. The highest BCUT2D eigenvalue weighted by Crippen LogP contribution is 2.39. The number of ether oxygens (including phenoxy) is 1. The number of fused-ring (bicyclic) bond motifs is 3. The molecule has 1 aromatic rings. The highest BCUT2D eigenvalue weighted by molar-refractivity contribution is 6.05. The Morgan fingerprint density at radius 2 is 1.95 bits per heavy atom. The van der Waals surface area contributed by atoms with Gasteiger partial charge in [0.15, 0.2) is 11.6 Å². The molecule has 21 heavy (non-hydrogen) atoms. The summed E-state index contributed by atoms with van der Waals surface area (Å²) in [6.45, 7) is 3.87. The van der Waals surface area contributed by atoms with Gasteiger partial charge in [-0.1, -0.05) is 0 Å². The molecule has 2 fully saturated rings. The number of hydrogen-bond donors (Lipinski definition) is 1. The van der Waals surface area contributed by atoms with Crippen LogP contribution in [0, 0.1) is 0 Å². The van der Waals surface area contributed by atoms with Crippen molar-refractivity contribution in [3.63, 3.8) is 0 Å². The molecule has 0 radical (unpaired) electrons. The van der Waals surface area contributed by atoms with Crippen LogP contribution in [0.25, 0.3) is 0 Å². The Morgan fingerprint density at radius 1 is 1.14 bits per heavy atom. The second kappa shape index (κ2) is 5.14. The van der Waals surface area contributed by atoms with Crippen molar-refractivity contribution in [2.75, 3.05) is 48.0 Å². The topological polar surface area (TPSA) is 70.6 Å². The average Bonchev–Trinajstić information content (AvgIpc) is 2.56. The lowest BCUT2D eigenvalue weighted by atomic mass is 9.99. The Labute approximate surface area is 123 Å². The van der Waals surface area contributed by atoms with Gasteiger partial charge in [-0.05, 0) is 19.3 Å². The number of morpholine rings is 1. The van der Waals surface area contributed by atoms with Gasteiger partial charge in [-0.15, -0.1) is 0 Å². The summed E-state index contributed by atoms with van der Waals surface area (Å²) < 4.78 is 5.39. The molecule has 1 amide bonds. The monoisotopic (exact) mass is 289 g/mol. The minimum Gasteiger partial charge on any atom is -0.378 e. The van der Waals surface area contributed by atoms with Crippen molar-refractivity contribution in [2.45, 2.75) is 25.3 Å². The molecule has 0 spiro atoms. The molecule has 7 heteroatoms. The van der Waals surface area contributed by atoms with Crippen LogP contribution in [-0.4, -0.2) is 54.8 Å². The third kappa shape index (κ3) is 2.12. The van der Waals surface area contributed by atoms with E-state index in [1.165, 1.54) is 0 Å². The predicted molar refractivity (Wildman–Crippen MR) is 78.7 cm³/mol. The number of nitrogens with zero attached hydrogens (tertiary/aromatic N) is 4. The maximum Gasteiger partial charge on any atom is 0.247 e. The van der Waals surface area contributed by atoms with Crippen molar-refractivity contribution < 1.29 is 9.53 Å². The maximum atomic E-state index is 12.4. The van der Waals surface area contributed by atoms with Gasteiger partial charge in [0.2, 0.25) is 5.91 Å². The first kappa shape index (κ1) is 12.8. The lowest BCUT2D eigenvalue weighted by molar-refractivity contribution is -0.118. The van der Waals surface area contributed by atoms with Crippen molar-refractivity contribution in [3.8, 4) is 0 Å². The normalized spacial score (nSPS) is 25.1. The second-order valence-corrected chi connectivity index (χ2v) is 5.69. The number of piperidine rings is 1. The number of rotatable bonds is 1. The zero-order valence-electron chi connectivity index (χ0n) is 11.9. The first-order chi connectivity index (χ1) is 10.3. The number of anilines is 3. The van der Waals surface area contributed by atoms with Crippen LogP contribution in [0.5, 0.6) is 0 Å². The molecule has 3 aliphatic rings. The first-order valence-electron chi connectivity index (χ1n) is 7.60. The third-order valence-electron chi connectivity index (χ3n) is 4.44. The van der Waals surface area contributed by atoms with Gasteiger partial charge in [0.05, 0.1) is 13.2 Å². The van der Waals surface area contributed by atoms with E-state index in [1.807, 2.05) is 0 Å². The number of aromatic nitrogens is 2. The van der Waals surface area contributed by atoms with Crippen LogP contribution >= 0.6 is 0 Å². The van der Waals surface area contributed by atoms with Crippen LogP contribution in [0.15, 0.2) is 6.33 Å². The first-order valence-corrected chi connectivity index (χ1v) is 7.60. The van der Waals surface area contributed by atoms with Gasteiger partial charge in [0.1, 0.15) is 18.1 Å². The van der Waals surface area contributed by atoms with Crippen LogP contribution < -0.4 is 15.1 Å². The average molecular weight is 289 g/mol. The van der Waals surface area contributed by atoms with E-state index in [4.69, 9.17) is 4.74 Å². The third-order valence-corrected chi connectivity index (χ3v) is 4.44. The Bertz CT molecular complexity index is 544. The quantitative estimate of drug-likeness (QED) is 0.817. The summed E-state index contributed by atoms with van der Waals surface area (Å²) in [6, 6.07) is -0.0707. The zero-order chi connectivity index (χ0) is 14.2. The highest BCUT2D eigenvalue weighted by Gasteiger charge is 2.37. The Morgan fingerprint density at radius 3 is 2.81 bits per heavy atom. The molecule has 1 unspecified atom stereocenters. The van der Waals surface area contributed by atoms with Gasteiger partial charge >= 0.3 is 0 Å². The molecule has 1 atom stereocenters. The molecular formula is C14H19N5O2. The Kier molecular flexibility index (Phi) is 3.14. The van der Waals surface area contributed by atoms with Gasteiger partial charge in [-0.2, -0.15) is 0 Å². The van der Waals surface area contributed by atoms with Crippen LogP contribution in [0.4, 0.5) is 17.3 Å². The van der Waals surface area contributed by atoms with Gasteiger partial charge in [-0.25, -0.2) is 9.97 Å². The summed E-state index contributed by atoms with van der Waals surface area (Å²) in [4.78, 5) is 25.5. The summed E-state index contributed by atoms with van der Waals surface area (Å²) in [6.07, 6.45) is 4.72. The van der Waals surface area contributed by atoms with Gasteiger partial charge in [-0.3, -0.25) is 4.79 Å². The number of amides is 1. The second-order valence-electron chi connectivity index (χ2n) is 5.69. The smallest absolute Gasteiger partial charge is 0.247 e. The molecule has 0 aliphatic carbocycles. The van der Waals surface area contributed by atoms with Crippen LogP contribution in [0.3, 0.4) is 0 Å². The van der Waals surface area contributed by atoms with E-state index < -0.39 is 0 Å². The molecular weight excluding hydrogens is 270 g/mol. The number of carbonyl (C=O) groups is 1. The van der Waals surface area contributed by atoms with Gasteiger partial charge in [0.25, 0.3) is 0 Å². The fourth-order valence-electron chi connectivity index (χ4n) is 3.38. The fraction of sp³-hybridized carbons (Fsp3) is 0.643. The van der Waals surface area contributed by atoms with E-state index in [0.29, 0.717) is 13.2 Å². The summed E-state index contributed by atoms with van der Waals surface area (Å²) in [7, 11) is 0. The summed E-state index contributed by atoms with van der Waals surface area (Å²) in [5.41, 5.74) is 0.766. The molecule has 2 saturated heterocycles. The maximum absolute atomic E-state index is 12.4. The summed E-state index contributed by atoms with van der Waals surface area (Å²) >= 11 is 0. The zero-order valence-corrected chi connectivity index (χ0v) is 11.9. The van der Waals surface area contributed by atoms with E-state index in [0.717, 1.165) is 56.2 Å². The van der Waals surface area contributed by atoms with Crippen molar-refractivity contribution in [2.24, 2.45) is 0 Å². The largest absolute Gasteiger partial charge is 0.378 e. The van der Waals surface area contributed by atoms with Crippen LogP contribution in [0.2, 0.25) is 0 Å². The van der Waals surface area contributed by atoms with Crippen molar-refractivity contribution >= 4 is 23.2 Å². The van der Waals surface area contributed by atoms with E-state index in [1.54, 1.807) is 6.33 Å². The fourth-order valence-corrected chi connectivity index (χ4v) is 3.38. The molecule has 3 aliphatic heterocycles. The molecule has 1 aromatic heterocycles. The molecule has 7 nitrogen and oxygen atoms in total. The summed E-state index contributed by atoms with van der Waals surface area (Å²) in [5, 5.41) is 3.04. The molecule has 4 heterocycles. The molecule has 0 aromatic carbocycles. The minimum atomic E-state index is -0.0707. The van der Waals surface area contributed by atoms with E-state index >= 15 is 0 Å². The lowest BCUT2D eigenvalue weighted by Crippen LogP contribution is -2.51. The van der Waals surface area contributed by atoms with E-state index in [2.05, 4.69) is 25.1 Å². The highest BCUT2D eigenvalue weighted by atomic mass is 16.5. The van der Waals surface area contributed by atoms with Gasteiger partial charge < -0.3 is 19.9 Å². The predicted octanol–water partition coefficient (Wildman–Crippen LogP) is 0.624. The van der Waals surface area contributed by atoms with Crippen molar-refractivity contribution in [3.05, 3.63) is 6.33 Å². The Balaban J connectivity index is 1.74. The van der Waals surface area contributed by atoms with Gasteiger partial charge in [0, 0.05) is 19.6 Å². The minimum absolute atomic E-state index is 0.0707. The molecule has 112 valence electrons. The molecule has 4 rings (SSSR count). The SMILES string of the molecule is O=C1Nc2c(N3CCOCC3)ncnc2N2CCCCC12. The molecule has 0 bridgehead atoms. The molecule has 1 N–H and O–H groups in total. The number of nitrogens with one attached hydrogen (secondary N) is 1. The molecule has 0 saturated carbocycles. The van der Waals surface area contributed by atoms with Crippen molar-refractivity contribution in [1.82, 2.24) is 9.97 Å². The van der Waals surface area contributed by atoms with Crippen LogP contribution in [0.1, 0.15) is 19.3 Å². The number of carbonyl (C=O) groups excluding carboxylic acids is 1. The standard InChI is InChI=1S/C14H19N5O2/c20-14-10-3-1-2-4-19(10)13-11(17-14)12(15-9-16-13)18-5-7-21-8-6-18/h9-10H,1-8H2,(H,17,20). The lowest BCUT2D eigenvalue weighted by Gasteiger charge is -2.41. The van der Waals surface area contributed by atoms with E-state index in [9.17, 15) is 4.79 Å².